The molecule has 4 rings (SSSR count). The van der Waals surface area contributed by atoms with E-state index in [1.54, 1.807) is 0 Å². The highest BCUT2D eigenvalue weighted by Gasteiger charge is 2.33. The lowest BCUT2D eigenvalue weighted by molar-refractivity contribution is -0.935. The zero-order chi connectivity index (χ0) is 17.2. The fourth-order valence-corrected chi connectivity index (χ4v) is 4.39. The van der Waals surface area contributed by atoms with Gasteiger partial charge in [-0.25, -0.2) is 4.79 Å². The Morgan fingerprint density at radius 2 is 1.96 bits per heavy atom. The third-order valence-corrected chi connectivity index (χ3v) is 5.59. The summed E-state index contributed by atoms with van der Waals surface area (Å²) in [4.78, 5) is 13.7. The van der Waals surface area contributed by atoms with Gasteiger partial charge in [0.05, 0.1) is 13.2 Å². The summed E-state index contributed by atoms with van der Waals surface area (Å²) in [6.45, 7) is 4.33. The second-order valence-corrected chi connectivity index (χ2v) is 7.21. The van der Waals surface area contributed by atoms with E-state index < -0.39 is 0 Å². The van der Waals surface area contributed by atoms with Gasteiger partial charge in [-0.2, -0.15) is 0 Å². The number of quaternary nitrogens is 1. The number of piperidine rings is 1. The van der Waals surface area contributed by atoms with Gasteiger partial charge in [-0.3, -0.25) is 0 Å². The summed E-state index contributed by atoms with van der Waals surface area (Å²) >= 11 is 0. The highest BCUT2D eigenvalue weighted by molar-refractivity contribution is 5.77. The Morgan fingerprint density at radius 3 is 2.84 bits per heavy atom. The SMILES string of the molecule is CCOC(=O)[C@@H]1CCCC[NH+]1Cc1ccc2c(c1)Cc1ccccc1-2. The average Bonchev–Trinajstić information content (AvgIpc) is 3.00. The lowest BCUT2D eigenvalue weighted by Crippen LogP contribution is -3.16. The van der Waals surface area contributed by atoms with E-state index >= 15 is 0 Å². The lowest BCUT2D eigenvalue weighted by atomic mass is 9.99. The molecule has 3 nitrogen and oxygen atoms in total. The van der Waals surface area contributed by atoms with Crippen molar-refractivity contribution < 1.29 is 14.4 Å². The van der Waals surface area contributed by atoms with Crippen LogP contribution in [0.1, 0.15) is 42.9 Å². The Bertz CT molecular complexity index is 783. The first-order chi connectivity index (χ1) is 12.3. The van der Waals surface area contributed by atoms with Crippen LogP contribution < -0.4 is 4.90 Å². The molecular weight excluding hydrogens is 310 g/mol. The van der Waals surface area contributed by atoms with Crippen molar-refractivity contribution in [2.45, 2.75) is 45.2 Å². The summed E-state index contributed by atoms with van der Waals surface area (Å²) in [5.74, 6) is -0.0224. The summed E-state index contributed by atoms with van der Waals surface area (Å²) < 4.78 is 5.31. The zero-order valence-corrected chi connectivity index (χ0v) is 14.9. The quantitative estimate of drug-likeness (QED) is 0.743. The number of nitrogens with one attached hydrogen (secondary N) is 1. The Morgan fingerprint density at radius 1 is 1.12 bits per heavy atom. The molecule has 0 amide bonds. The number of carbonyl (C=O) groups excluding carboxylic acids is 1. The number of fused-ring (bicyclic) bond motifs is 3. The van der Waals surface area contributed by atoms with Crippen LogP contribution in [-0.2, 0) is 22.5 Å². The van der Waals surface area contributed by atoms with Crippen molar-refractivity contribution in [1.82, 2.24) is 0 Å². The minimum Gasteiger partial charge on any atom is -0.462 e. The predicted molar refractivity (Wildman–Crippen MR) is 98.5 cm³/mol. The summed E-state index contributed by atoms with van der Waals surface area (Å²) in [5.41, 5.74) is 6.92. The van der Waals surface area contributed by atoms with E-state index in [-0.39, 0.29) is 12.0 Å². The fourth-order valence-electron chi connectivity index (χ4n) is 4.39. The van der Waals surface area contributed by atoms with Crippen LogP contribution in [0.4, 0.5) is 0 Å². The number of rotatable bonds is 4. The largest absolute Gasteiger partial charge is 0.462 e. The van der Waals surface area contributed by atoms with Crippen molar-refractivity contribution in [1.29, 1.82) is 0 Å². The molecule has 0 spiro atoms. The fraction of sp³-hybridized carbons (Fsp3) is 0.409. The summed E-state index contributed by atoms with van der Waals surface area (Å²) in [5, 5.41) is 0. The molecular formula is C22H26NO2+. The molecule has 2 aromatic rings. The maximum atomic E-state index is 12.3. The first-order valence-corrected chi connectivity index (χ1v) is 9.47. The Balaban J connectivity index is 1.53. The number of hydrogen-bond acceptors (Lipinski definition) is 2. The molecule has 1 aliphatic carbocycles. The topological polar surface area (TPSA) is 30.7 Å². The van der Waals surface area contributed by atoms with Gasteiger partial charge in [-0.05, 0) is 54.5 Å². The second kappa shape index (κ2) is 7.01. The second-order valence-electron chi connectivity index (χ2n) is 7.21. The van der Waals surface area contributed by atoms with Gasteiger partial charge < -0.3 is 9.64 Å². The van der Waals surface area contributed by atoms with E-state index in [1.807, 2.05) is 6.92 Å². The summed E-state index contributed by atoms with van der Waals surface area (Å²) in [6, 6.07) is 15.5. The Hall–Kier alpha value is -2.13. The van der Waals surface area contributed by atoms with Crippen molar-refractivity contribution >= 4 is 5.97 Å². The van der Waals surface area contributed by atoms with Gasteiger partial charge in [0, 0.05) is 12.0 Å². The van der Waals surface area contributed by atoms with E-state index in [1.165, 1.54) is 39.1 Å². The van der Waals surface area contributed by atoms with Crippen LogP contribution in [0.25, 0.3) is 11.1 Å². The smallest absolute Gasteiger partial charge is 0.364 e. The van der Waals surface area contributed by atoms with Gasteiger partial charge in [0.25, 0.3) is 0 Å². The minimum absolute atomic E-state index is 0.000785. The molecule has 1 fully saturated rings. The number of hydrogen-bond donors (Lipinski definition) is 1. The molecule has 3 heteroatoms. The summed E-state index contributed by atoms with van der Waals surface area (Å²) in [7, 11) is 0. The molecule has 130 valence electrons. The molecule has 2 atom stereocenters. The summed E-state index contributed by atoms with van der Waals surface area (Å²) in [6.07, 6.45) is 4.30. The monoisotopic (exact) mass is 336 g/mol. The molecule has 25 heavy (non-hydrogen) atoms. The lowest BCUT2D eigenvalue weighted by Gasteiger charge is -2.31. The van der Waals surface area contributed by atoms with Crippen molar-refractivity contribution in [3.05, 3.63) is 59.2 Å². The molecule has 1 aliphatic heterocycles. The molecule has 1 saturated heterocycles. The van der Waals surface area contributed by atoms with E-state index in [2.05, 4.69) is 42.5 Å². The molecule has 1 heterocycles. The molecule has 0 radical (unpaired) electrons. The predicted octanol–water partition coefficient (Wildman–Crippen LogP) is 2.76. The van der Waals surface area contributed by atoms with Gasteiger partial charge in [0.1, 0.15) is 6.54 Å². The van der Waals surface area contributed by atoms with Gasteiger partial charge in [-0.1, -0.05) is 36.4 Å². The standard InChI is InChI=1S/C22H25NO2/c1-2-25-22(24)21-9-5-6-12-23(21)15-16-10-11-20-18(13-16)14-17-7-3-4-8-19(17)20/h3-4,7-8,10-11,13,21H,2,5-6,9,12,14-15H2,1H3/p+1/t21-/m0/s1. The van der Waals surface area contributed by atoms with Crippen LogP contribution in [0.2, 0.25) is 0 Å². The van der Waals surface area contributed by atoms with E-state index in [0.29, 0.717) is 6.61 Å². The zero-order valence-electron chi connectivity index (χ0n) is 14.9. The van der Waals surface area contributed by atoms with Crippen LogP contribution >= 0.6 is 0 Å². The van der Waals surface area contributed by atoms with E-state index in [9.17, 15) is 4.79 Å². The Labute approximate surface area is 149 Å². The molecule has 2 aliphatic rings. The minimum atomic E-state index is -0.0224. The maximum absolute atomic E-state index is 12.3. The number of carbonyl (C=O) groups is 1. The van der Waals surface area contributed by atoms with E-state index in [4.69, 9.17) is 4.74 Å². The number of ether oxygens (including phenoxy) is 1. The highest BCUT2D eigenvalue weighted by atomic mass is 16.5. The highest BCUT2D eigenvalue weighted by Crippen LogP contribution is 2.36. The van der Waals surface area contributed by atoms with Crippen LogP contribution in [0.15, 0.2) is 42.5 Å². The van der Waals surface area contributed by atoms with Gasteiger partial charge in [0.2, 0.25) is 0 Å². The molecule has 0 aromatic heterocycles. The molecule has 1 unspecified atom stereocenters. The van der Waals surface area contributed by atoms with Crippen LogP contribution in [0.5, 0.6) is 0 Å². The van der Waals surface area contributed by atoms with Gasteiger partial charge in [-0.15, -0.1) is 0 Å². The van der Waals surface area contributed by atoms with Crippen LogP contribution in [-0.4, -0.2) is 25.2 Å². The maximum Gasteiger partial charge on any atom is 0.364 e. The van der Waals surface area contributed by atoms with Crippen LogP contribution in [0, 0.1) is 0 Å². The average molecular weight is 336 g/mol. The number of benzene rings is 2. The van der Waals surface area contributed by atoms with E-state index in [0.717, 1.165) is 32.4 Å². The molecule has 0 saturated carbocycles. The van der Waals surface area contributed by atoms with Crippen molar-refractivity contribution in [3.8, 4) is 11.1 Å². The number of esters is 1. The Kier molecular flexibility index (Phi) is 4.58. The third-order valence-electron chi connectivity index (χ3n) is 5.59. The van der Waals surface area contributed by atoms with Crippen molar-refractivity contribution in [3.63, 3.8) is 0 Å². The van der Waals surface area contributed by atoms with Gasteiger partial charge in [0.15, 0.2) is 6.04 Å². The van der Waals surface area contributed by atoms with Crippen molar-refractivity contribution in [2.24, 2.45) is 0 Å². The van der Waals surface area contributed by atoms with Crippen LogP contribution in [0.3, 0.4) is 0 Å². The third kappa shape index (κ3) is 3.21. The first-order valence-electron chi connectivity index (χ1n) is 9.47. The number of likely N-dealkylation sites (tertiary alicyclic amines) is 1. The molecule has 2 aromatic carbocycles. The first kappa shape index (κ1) is 16.3. The van der Waals surface area contributed by atoms with Crippen molar-refractivity contribution in [2.75, 3.05) is 13.2 Å². The molecule has 1 N–H and O–H groups in total. The molecule has 0 bridgehead atoms. The van der Waals surface area contributed by atoms with Gasteiger partial charge >= 0.3 is 5.97 Å². The normalized spacial score (nSPS) is 21.5.